The summed E-state index contributed by atoms with van der Waals surface area (Å²) in [5.41, 5.74) is 12.4. The molecule has 11 rings (SSSR count). The van der Waals surface area contributed by atoms with Crippen LogP contribution in [0.2, 0.25) is 0 Å². The van der Waals surface area contributed by atoms with Gasteiger partial charge in [0, 0.05) is 38.8 Å². The van der Waals surface area contributed by atoms with Gasteiger partial charge >= 0.3 is 0 Å². The lowest BCUT2D eigenvalue weighted by atomic mass is 9.75. The fourth-order valence-electron chi connectivity index (χ4n) is 8.95. The number of hydrogen-bond acceptors (Lipinski definition) is 3. The number of allylic oxidation sites excluding steroid dienone is 2. The van der Waals surface area contributed by atoms with Crippen LogP contribution in [0.4, 0.5) is 5.82 Å². The third kappa shape index (κ3) is 3.90. The second kappa shape index (κ2) is 10.5. The zero-order valence-corrected chi connectivity index (χ0v) is 28.0. The van der Waals surface area contributed by atoms with Crippen molar-refractivity contribution >= 4 is 49.8 Å². The monoisotopic (exact) mass is 652 g/mol. The minimum absolute atomic E-state index is 0.0816. The summed E-state index contributed by atoms with van der Waals surface area (Å²) in [6, 6.07) is 52.3. The summed E-state index contributed by atoms with van der Waals surface area (Å²) in [5.74, 6) is 1.94. The van der Waals surface area contributed by atoms with Crippen LogP contribution in [0.25, 0.3) is 72.2 Å². The highest BCUT2D eigenvalue weighted by Crippen LogP contribution is 2.59. The van der Waals surface area contributed by atoms with Crippen molar-refractivity contribution in [3.8, 4) is 28.2 Å². The van der Waals surface area contributed by atoms with E-state index >= 15 is 0 Å². The highest BCUT2D eigenvalue weighted by Gasteiger charge is 2.51. The molecule has 0 amide bonds. The number of para-hydroxylation sites is 3. The van der Waals surface area contributed by atoms with Crippen LogP contribution < -0.4 is 4.90 Å². The quantitative estimate of drug-likeness (QED) is 0.186. The van der Waals surface area contributed by atoms with Crippen molar-refractivity contribution in [2.45, 2.75) is 12.5 Å². The fourth-order valence-corrected chi connectivity index (χ4v) is 8.95. The summed E-state index contributed by atoms with van der Waals surface area (Å²) in [5, 5.41) is 3.47. The molecule has 0 spiro atoms. The standard InChI is InChI=1S/C47H32N4/c1-47-29-13-12-21-37(47)44-33-17-5-6-18-34(33)45-43(36-20-8-11-24-40(36)50(45)41-27-25-30-14-2-9-22-38(30)48-41)32-16-4-7-19-35(32)46(44)51(47)42-28-26-31-15-3-10-23-39(31)49-42/h2-29,37H,1H3. The molecule has 4 nitrogen and oxygen atoms in total. The summed E-state index contributed by atoms with van der Waals surface area (Å²) in [7, 11) is 0. The predicted octanol–water partition coefficient (Wildman–Crippen LogP) is 11.3. The molecule has 51 heavy (non-hydrogen) atoms. The molecule has 5 aromatic carbocycles. The Morgan fingerprint density at radius 2 is 1.16 bits per heavy atom. The highest BCUT2D eigenvalue weighted by molar-refractivity contribution is 6.16. The van der Waals surface area contributed by atoms with E-state index in [-0.39, 0.29) is 11.5 Å². The SMILES string of the molecule is CC12C=CC=CC1C1=C(c3ccccc3-c3c(n(-c4ccc5ccccc5n4)c4ccccc34)-c3ccccc31)N2c1ccc2ccccc2n1. The van der Waals surface area contributed by atoms with Gasteiger partial charge in [0.1, 0.15) is 11.6 Å². The van der Waals surface area contributed by atoms with Gasteiger partial charge in [-0.15, -0.1) is 0 Å². The maximum atomic E-state index is 5.35. The molecule has 3 aromatic heterocycles. The number of aromatic nitrogens is 3. The first-order valence-electron chi connectivity index (χ1n) is 17.6. The molecular weight excluding hydrogens is 621 g/mol. The molecule has 0 bridgehead atoms. The van der Waals surface area contributed by atoms with Crippen LogP contribution in [-0.4, -0.2) is 20.1 Å². The van der Waals surface area contributed by atoms with Crippen molar-refractivity contribution in [1.29, 1.82) is 0 Å². The molecule has 4 heterocycles. The Morgan fingerprint density at radius 3 is 1.94 bits per heavy atom. The molecule has 0 N–H and O–H groups in total. The van der Waals surface area contributed by atoms with Crippen LogP contribution in [0.3, 0.4) is 0 Å². The smallest absolute Gasteiger partial charge is 0.138 e. The van der Waals surface area contributed by atoms with Gasteiger partial charge in [0.25, 0.3) is 0 Å². The topological polar surface area (TPSA) is 34.0 Å². The van der Waals surface area contributed by atoms with E-state index in [2.05, 4.69) is 186 Å². The Morgan fingerprint density at radius 1 is 0.549 bits per heavy atom. The van der Waals surface area contributed by atoms with E-state index in [1.807, 2.05) is 0 Å². The van der Waals surface area contributed by atoms with E-state index in [1.54, 1.807) is 0 Å². The van der Waals surface area contributed by atoms with E-state index < -0.39 is 0 Å². The molecular formula is C47H32N4. The summed E-state index contributed by atoms with van der Waals surface area (Å²) in [6.07, 6.45) is 9.17. The molecule has 3 aliphatic rings. The van der Waals surface area contributed by atoms with Crippen molar-refractivity contribution in [3.05, 3.63) is 181 Å². The van der Waals surface area contributed by atoms with Gasteiger partial charge in [-0.05, 0) is 66.1 Å². The number of rotatable bonds is 2. The van der Waals surface area contributed by atoms with Crippen LogP contribution in [0.5, 0.6) is 0 Å². The van der Waals surface area contributed by atoms with E-state index in [4.69, 9.17) is 9.97 Å². The average molecular weight is 653 g/mol. The number of nitrogens with zero attached hydrogens (tertiary/aromatic N) is 4. The molecule has 2 unspecified atom stereocenters. The van der Waals surface area contributed by atoms with Crippen LogP contribution in [0, 0.1) is 5.92 Å². The van der Waals surface area contributed by atoms with Crippen LogP contribution >= 0.6 is 0 Å². The van der Waals surface area contributed by atoms with Crippen molar-refractivity contribution in [1.82, 2.24) is 14.5 Å². The molecule has 1 aliphatic heterocycles. The summed E-state index contributed by atoms with van der Waals surface area (Å²) in [6.45, 7) is 2.37. The first-order chi connectivity index (χ1) is 25.2. The normalized spacial score (nSPS) is 18.7. The highest BCUT2D eigenvalue weighted by atomic mass is 15.3. The molecule has 4 heteroatoms. The van der Waals surface area contributed by atoms with Crippen molar-refractivity contribution in [2.24, 2.45) is 5.92 Å². The Labute approximate surface area is 296 Å². The van der Waals surface area contributed by atoms with Gasteiger partial charge in [-0.1, -0.05) is 127 Å². The minimum atomic E-state index is -0.388. The molecule has 0 saturated carbocycles. The van der Waals surface area contributed by atoms with E-state index in [0.717, 1.165) is 44.7 Å². The number of benzene rings is 5. The van der Waals surface area contributed by atoms with Gasteiger partial charge in [-0.25, -0.2) is 9.97 Å². The number of hydrogen-bond donors (Lipinski definition) is 0. The van der Waals surface area contributed by atoms with Gasteiger partial charge in [-0.2, -0.15) is 0 Å². The fraction of sp³-hybridized carbons (Fsp3) is 0.0638. The summed E-state index contributed by atoms with van der Waals surface area (Å²) in [4.78, 5) is 13.2. The van der Waals surface area contributed by atoms with Crippen molar-refractivity contribution in [3.63, 3.8) is 0 Å². The second-order valence-electron chi connectivity index (χ2n) is 13.9. The maximum Gasteiger partial charge on any atom is 0.138 e. The Bertz CT molecular complexity index is 2850. The molecule has 2 aliphatic carbocycles. The third-order valence-corrected chi connectivity index (χ3v) is 11.2. The average Bonchev–Trinajstić information content (AvgIpc) is 3.66. The van der Waals surface area contributed by atoms with Crippen LogP contribution in [-0.2, 0) is 0 Å². The first kappa shape index (κ1) is 28.3. The predicted molar refractivity (Wildman–Crippen MR) is 211 cm³/mol. The lowest BCUT2D eigenvalue weighted by Crippen LogP contribution is -2.45. The van der Waals surface area contributed by atoms with Gasteiger partial charge in [0.2, 0.25) is 0 Å². The van der Waals surface area contributed by atoms with E-state index in [1.165, 1.54) is 44.5 Å². The van der Waals surface area contributed by atoms with Gasteiger partial charge in [0.15, 0.2) is 0 Å². The Hall–Kier alpha value is -6.52. The molecule has 2 atom stereocenters. The molecule has 0 fully saturated rings. The van der Waals surface area contributed by atoms with Crippen molar-refractivity contribution < 1.29 is 0 Å². The zero-order valence-electron chi connectivity index (χ0n) is 28.0. The van der Waals surface area contributed by atoms with E-state index in [9.17, 15) is 0 Å². The molecule has 240 valence electrons. The van der Waals surface area contributed by atoms with Gasteiger partial charge in [-0.3, -0.25) is 4.57 Å². The number of fused-ring (bicyclic) bond motifs is 13. The lowest BCUT2D eigenvalue weighted by molar-refractivity contribution is 0.516. The molecule has 0 saturated heterocycles. The number of pyridine rings is 2. The van der Waals surface area contributed by atoms with Crippen molar-refractivity contribution in [2.75, 3.05) is 4.90 Å². The zero-order chi connectivity index (χ0) is 33.7. The van der Waals surface area contributed by atoms with E-state index in [0.29, 0.717) is 0 Å². The molecule has 0 radical (unpaired) electrons. The summed E-state index contributed by atoms with van der Waals surface area (Å²) < 4.78 is 2.39. The van der Waals surface area contributed by atoms with Crippen LogP contribution in [0.15, 0.2) is 170 Å². The maximum absolute atomic E-state index is 5.35. The van der Waals surface area contributed by atoms with Gasteiger partial charge < -0.3 is 4.90 Å². The first-order valence-corrected chi connectivity index (χ1v) is 17.6. The number of anilines is 1. The lowest BCUT2D eigenvalue weighted by Gasteiger charge is -2.40. The third-order valence-electron chi connectivity index (χ3n) is 11.2. The second-order valence-corrected chi connectivity index (χ2v) is 13.9. The largest absolute Gasteiger partial charge is 0.315 e. The van der Waals surface area contributed by atoms with Gasteiger partial charge in [0.05, 0.1) is 33.5 Å². The Balaban J connectivity index is 1.29. The summed E-state index contributed by atoms with van der Waals surface area (Å²) >= 11 is 0. The molecule has 8 aromatic rings. The Kier molecular flexibility index (Phi) is 5.83. The minimum Gasteiger partial charge on any atom is -0.315 e. The van der Waals surface area contributed by atoms with Crippen LogP contribution in [0.1, 0.15) is 18.1 Å².